The van der Waals surface area contributed by atoms with Crippen molar-refractivity contribution in [2.75, 3.05) is 26.1 Å². The maximum absolute atomic E-state index is 12.7. The van der Waals surface area contributed by atoms with E-state index in [9.17, 15) is 19.2 Å². The second kappa shape index (κ2) is 10.9. The van der Waals surface area contributed by atoms with Crippen LogP contribution in [0.4, 0.5) is 10.5 Å². The average molecular weight is 485 g/mol. The molecular formula is C24H24N2O7S. The third kappa shape index (κ3) is 5.76. The minimum atomic E-state index is -1.03. The first-order valence-electron chi connectivity index (χ1n) is 10.3. The fourth-order valence-electron chi connectivity index (χ4n) is 3.11. The summed E-state index contributed by atoms with van der Waals surface area (Å²) in [6.45, 7) is 3.15. The van der Waals surface area contributed by atoms with Crippen molar-refractivity contribution in [1.82, 2.24) is 4.90 Å². The Balaban J connectivity index is 1.68. The maximum atomic E-state index is 12.7. The van der Waals surface area contributed by atoms with Gasteiger partial charge in [-0.1, -0.05) is 23.8 Å². The first kappa shape index (κ1) is 24.8. The number of nitrogens with zero attached hydrogens (tertiary/aromatic N) is 1. The lowest BCUT2D eigenvalue weighted by Gasteiger charge is -2.18. The number of amides is 3. The van der Waals surface area contributed by atoms with Crippen molar-refractivity contribution in [2.24, 2.45) is 0 Å². The summed E-state index contributed by atoms with van der Waals surface area (Å²) >= 11 is 0.732. The normalized spacial score (nSPS) is 15.3. The van der Waals surface area contributed by atoms with Gasteiger partial charge < -0.3 is 19.5 Å². The average Bonchev–Trinajstić information content (AvgIpc) is 3.10. The van der Waals surface area contributed by atoms with Crippen LogP contribution in [-0.2, 0) is 19.1 Å². The number of esters is 1. The Labute approximate surface area is 201 Å². The highest BCUT2D eigenvalue weighted by Gasteiger charge is 2.41. The van der Waals surface area contributed by atoms with E-state index in [1.54, 1.807) is 30.3 Å². The van der Waals surface area contributed by atoms with Crippen LogP contribution in [0.25, 0.3) is 6.08 Å². The lowest BCUT2D eigenvalue weighted by molar-refractivity contribution is -0.148. The molecule has 10 heteroatoms. The molecule has 178 valence electrons. The van der Waals surface area contributed by atoms with Gasteiger partial charge in [-0.05, 0) is 61.5 Å². The Bertz CT molecular complexity index is 1140. The molecule has 3 rings (SSSR count). The van der Waals surface area contributed by atoms with Crippen LogP contribution >= 0.6 is 11.8 Å². The summed E-state index contributed by atoms with van der Waals surface area (Å²) in [6.07, 6.45) is 1.52. The van der Waals surface area contributed by atoms with Crippen LogP contribution in [0.5, 0.6) is 11.5 Å². The van der Waals surface area contributed by atoms with Crippen molar-refractivity contribution >= 4 is 46.5 Å². The molecule has 0 aliphatic carbocycles. The van der Waals surface area contributed by atoms with E-state index >= 15 is 0 Å². The summed E-state index contributed by atoms with van der Waals surface area (Å²) in [6, 6.07) is 11.2. The molecule has 1 atom stereocenters. The third-order valence-corrected chi connectivity index (χ3v) is 5.82. The van der Waals surface area contributed by atoms with E-state index in [0.29, 0.717) is 22.7 Å². The molecule has 0 saturated carbocycles. The quantitative estimate of drug-likeness (QED) is 0.447. The van der Waals surface area contributed by atoms with Gasteiger partial charge in [-0.25, -0.2) is 4.79 Å². The second-order valence-electron chi connectivity index (χ2n) is 7.36. The van der Waals surface area contributed by atoms with Gasteiger partial charge in [0.1, 0.15) is 6.04 Å². The summed E-state index contributed by atoms with van der Waals surface area (Å²) in [5.74, 6) is -0.911. The van der Waals surface area contributed by atoms with Gasteiger partial charge in [-0.2, -0.15) is 0 Å². The van der Waals surface area contributed by atoms with Crippen LogP contribution in [-0.4, -0.2) is 54.8 Å². The van der Waals surface area contributed by atoms with E-state index in [1.807, 2.05) is 19.1 Å². The smallest absolute Gasteiger partial charge is 0.328 e. The molecule has 1 unspecified atom stereocenters. The van der Waals surface area contributed by atoms with Crippen molar-refractivity contribution in [3.05, 3.63) is 58.5 Å². The number of aryl methyl sites for hydroxylation is 1. The van der Waals surface area contributed by atoms with Crippen molar-refractivity contribution in [1.29, 1.82) is 0 Å². The summed E-state index contributed by atoms with van der Waals surface area (Å²) < 4.78 is 15.6. The fraction of sp³-hybridized carbons (Fsp3) is 0.250. The Kier molecular flexibility index (Phi) is 7.95. The second-order valence-corrected chi connectivity index (χ2v) is 8.36. The molecule has 1 aliphatic rings. The predicted molar refractivity (Wildman–Crippen MR) is 128 cm³/mol. The molecule has 1 fully saturated rings. The molecule has 1 saturated heterocycles. The number of rotatable bonds is 8. The summed E-state index contributed by atoms with van der Waals surface area (Å²) in [4.78, 5) is 49.9. The van der Waals surface area contributed by atoms with Crippen LogP contribution in [0.3, 0.4) is 0 Å². The Morgan fingerprint density at radius 2 is 1.79 bits per heavy atom. The summed E-state index contributed by atoms with van der Waals surface area (Å²) in [5, 5.41) is 2.19. The molecule has 0 spiro atoms. The minimum Gasteiger partial charge on any atom is -0.493 e. The Morgan fingerprint density at radius 1 is 1.09 bits per heavy atom. The van der Waals surface area contributed by atoms with Gasteiger partial charge >= 0.3 is 5.97 Å². The number of nitrogens with one attached hydrogen (secondary N) is 1. The van der Waals surface area contributed by atoms with E-state index in [2.05, 4.69) is 10.1 Å². The molecule has 2 aromatic rings. The number of anilines is 1. The zero-order valence-corrected chi connectivity index (χ0v) is 19.9. The van der Waals surface area contributed by atoms with Gasteiger partial charge in [-0.3, -0.25) is 19.3 Å². The predicted octanol–water partition coefficient (Wildman–Crippen LogP) is 3.62. The molecule has 9 nitrogen and oxygen atoms in total. The van der Waals surface area contributed by atoms with Crippen molar-refractivity contribution < 1.29 is 33.4 Å². The number of benzene rings is 2. The van der Waals surface area contributed by atoms with Crippen LogP contribution in [0.1, 0.15) is 18.1 Å². The number of imide groups is 1. The Hall–Kier alpha value is -3.79. The lowest BCUT2D eigenvalue weighted by atomic mass is 10.1. The molecule has 0 aromatic heterocycles. The highest BCUT2D eigenvalue weighted by Crippen LogP contribution is 2.35. The minimum absolute atomic E-state index is 0.161. The Morgan fingerprint density at radius 3 is 2.44 bits per heavy atom. The van der Waals surface area contributed by atoms with Gasteiger partial charge in [-0.15, -0.1) is 0 Å². The van der Waals surface area contributed by atoms with E-state index in [1.165, 1.54) is 27.2 Å². The van der Waals surface area contributed by atoms with Crippen LogP contribution in [0.2, 0.25) is 0 Å². The van der Waals surface area contributed by atoms with E-state index in [4.69, 9.17) is 9.47 Å². The zero-order valence-electron chi connectivity index (χ0n) is 19.1. The van der Waals surface area contributed by atoms with Gasteiger partial charge in [0, 0.05) is 5.69 Å². The summed E-state index contributed by atoms with van der Waals surface area (Å²) in [5.41, 5.74) is 2.32. The summed E-state index contributed by atoms with van der Waals surface area (Å²) in [7, 11) is 2.64. The van der Waals surface area contributed by atoms with Crippen molar-refractivity contribution in [3.8, 4) is 11.5 Å². The first-order chi connectivity index (χ1) is 16.2. The van der Waals surface area contributed by atoms with Gasteiger partial charge in [0.25, 0.3) is 17.1 Å². The zero-order chi connectivity index (χ0) is 24.8. The first-order valence-corrected chi connectivity index (χ1v) is 11.1. The number of carbonyl (C=O) groups is 4. The number of ether oxygens (including phenoxy) is 3. The monoisotopic (exact) mass is 484 g/mol. The van der Waals surface area contributed by atoms with Crippen LogP contribution in [0, 0.1) is 6.92 Å². The molecule has 34 heavy (non-hydrogen) atoms. The molecule has 1 N–H and O–H groups in total. The topological polar surface area (TPSA) is 111 Å². The molecule has 1 aliphatic heterocycles. The fourth-order valence-corrected chi connectivity index (χ4v) is 4.02. The number of hydrogen-bond donors (Lipinski definition) is 1. The molecule has 1 heterocycles. The number of methoxy groups -OCH3 is 2. The largest absolute Gasteiger partial charge is 0.493 e. The molecule has 0 radical (unpaired) electrons. The van der Waals surface area contributed by atoms with E-state index in [-0.39, 0.29) is 17.4 Å². The van der Waals surface area contributed by atoms with Gasteiger partial charge in [0.05, 0.1) is 19.1 Å². The highest BCUT2D eigenvalue weighted by atomic mass is 32.2. The maximum Gasteiger partial charge on any atom is 0.328 e. The van der Waals surface area contributed by atoms with Crippen LogP contribution in [0.15, 0.2) is 47.4 Å². The van der Waals surface area contributed by atoms with E-state index in [0.717, 1.165) is 22.2 Å². The van der Waals surface area contributed by atoms with E-state index < -0.39 is 23.2 Å². The number of carbonyl (C=O) groups excluding carboxylic acids is 4. The number of thioether (sulfide) groups is 1. The lowest BCUT2D eigenvalue weighted by Crippen LogP contribution is -2.42. The highest BCUT2D eigenvalue weighted by molar-refractivity contribution is 8.18. The van der Waals surface area contributed by atoms with Crippen molar-refractivity contribution in [2.45, 2.75) is 19.9 Å². The molecular weight excluding hydrogens is 460 g/mol. The van der Waals surface area contributed by atoms with Crippen LogP contribution < -0.4 is 14.8 Å². The number of hydrogen-bond acceptors (Lipinski definition) is 8. The SMILES string of the molecule is COC(=O)C(C)N1C(=O)S/C(=C\c2ccc(OCC(=O)Nc3ccc(C)cc3)c(OC)c2)C1=O. The standard InChI is InChI=1S/C24H24N2O7S/c1-14-5-8-17(9-6-14)25-21(27)13-33-18-10-7-16(11-19(18)31-3)12-20-22(28)26(24(30)34-20)15(2)23(29)32-4/h5-12,15H,13H2,1-4H3,(H,25,27)/b20-12-. The molecule has 0 bridgehead atoms. The molecule has 2 aromatic carbocycles. The van der Waals surface area contributed by atoms with Gasteiger partial charge in [0.15, 0.2) is 18.1 Å². The molecule has 3 amide bonds. The third-order valence-electron chi connectivity index (χ3n) is 4.93. The van der Waals surface area contributed by atoms with Gasteiger partial charge in [0.2, 0.25) is 0 Å². The van der Waals surface area contributed by atoms with Crippen molar-refractivity contribution in [3.63, 3.8) is 0 Å².